The van der Waals surface area contributed by atoms with Crippen LogP contribution in [-0.2, 0) is 4.74 Å². The first-order valence-electron chi connectivity index (χ1n) is 6.64. The molecule has 2 aromatic heterocycles. The second-order valence-electron chi connectivity index (χ2n) is 4.65. The molecule has 1 aromatic carbocycles. The summed E-state index contributed by atoms with van der Waals surface area (Å²) in [6.45, 7) is 4.14. The summed E-state index contributed by atoms with van der Waals surface area (Å²) in [5.41, 5.74) is 3.98. The van der Waals surface area contributed by atoms with Crippen molar-refractivity contribution in [1.82, 2.24) is 14.4 Å². The van der Waals surface area contributed by atoms with Gasteiger partial charge >= 0.3 is 5.97 Å². The fourth-order valence-corrected chi connectivity index (χ4v) is 2.89. The van der Waals surface area contributed by atoms with Crippen LogP contribution in [0, 0.1) is 6.92 Å². The average molecular weight is 301 g/mol. The standard InChI is InChI=1S/C15H15N3O2S/c1-4-20-15(19)12-13-14(21-3)17-10-7-9(2)5-6-11(10)18(13)8-16-12/h5-8H,4H2,1-3H3. The maximum atomic E-state index is 12.0. The third kappa shape index (κ3) is 2.25. The Morgan fingerprint density at radius 3 is 2.95 bits per heavy atom. The highest BCUT2D eigenvalue weighted by atomic mass is 32.2. The van der Waals surface area contributed by atoms with E-state index in [4.69, 9.17) is 4.74 Å². The lowest BCUT2D eigenvalue weighted by atomic mass is 10.2. The number of carbonyl (C=O) groups is 1. The van der Waals surface area contributed by atoms with Crippen LogP contribution in [0.2, 0.25) is 0 Å². The largest absolute Gasteiger partial charge is 0.461 e. The molecule has 0 saturated heterocycles. The molecule has 21 heavy (non-hydrogen) atoms. The number of aromatic nitrogens is 3. The van der Waals surface area contributed by atoms with Crippen molar-refractivity contribution >= 4 is 34.3 Å². The molecule has 0 radical (unpaired) electrons. The van der Waals surface area contributed by atoms with Gasteiger partial charge in [-0.05, 0) is 37.8 Å². The summed E-state index contributed by atoms with van der Waals surface area (Å²) < 4.78 is 6.98. The molecule has 0 fully saturated rings. The van der Waals surface area contributed by atoms with E-state index in [0.29, 0.717) is 17.8 Å². The third-order valence-corrected chi connectivity index (χ3v) is 3.92. The van der Waals surface area contributed by atoms with Gasteiger partial charge in [0.25, 0.3) is 0 Å². The molecule has 0 bridgehead atoms. The fourth-order valence-electron chi connectivity index (χ4n) is 2.32. The van der Waals surface area contributed by atoms with Crippen molar-refractivity contribution < 1.29 is 9.53 Å². The third-order valence-electron chi connectivity index (χ3n) is 3.24. The van der Waals surface area contributed by atoms with Crippen LogP contribution in [0.4, 0.5) is 0 Å². The molecule has 3 aromatic rings. The molecule has 5 nitrogen and oxygen atoms in total. The van der Waals surface area contributed by atoms with Gasteiger partial charge in [-0.2, -0.15) is 0 Å². The summed E-state index contributed by atoms with van der Waals surface area (Å²) >= 11 is 1.49. The zero-order chi connectivity index (χ0) is 15.0. The number of imidazole rings is 1. The fraction of sp³-hybridized carbons (Fsp3) is 0.267. The second kappa shape index (κ2) is 5.37. The maximum Gasteiger partial charge on any atom is 0.359 e. The van der Waals surface area contributed by atoms with Crippen LogP contribution in [0.1, 0.15) is 23.0 Å². The number of fused-ring (bicyclic) bond motifs is 3. The van der Waals surface area contributed by atoms with E-state index in [1.54, 1.807) is 13.3 Å². The molecule has 0 atom stereocenters. The Labute approximate surface area is 126 Å². The molecule has 0 aliphatic rings. The van der Waals surface area contributed by atoms with Gasteiger partial charge in [0, 0.05) is 0 Å². The van der Waals surface area contributed by atoms with E-state index in [1.807, 2.05) is 35.8 Å². The van der Waals surface area contributed by atoms with E-state index >= 15 is 0 Å². The molecule has 0 amide bonds. The summed E-state index contributed by atoms with van der Waals surface area (Å²) in [5, 5.41) is 0.772. The zero-order valence-corrected chi connectivity index (χ0v) is 12.9. The molecule has 6 heteroatoms. The predicted molar refractivity (Wildman–Crippen MR) is 83.0 cm³/mol. The minimum atomic E-state index is -0.413. The number of hydrogen-bond acceptors (Lipinski definition) is 5. The van der Waals surface area contributed by atoms with Gasteiger partial charge in [0.2, 0.25) is 0 Å². The smallest absolute Gasteiger partial charge is 0.359 e. The lowest BCUT2D eigenvalue weighted by molar-refractivity contribution is 0.0522. The number of ether oxygens (including phenoxy) is 1. The molecular weight excluding hydrogens is 286 g/mol. The van der Waals surface area contributed by atoms with Crippen molar-refractivity contribution in [3.8, 4) is 0 Å². The van der Waals surface area contributed by atoms with E-state index in [-0.39, 0.29) is 0 Å². The molecule has 2 heterocycles. The number of aryl methyl sites for hydroxylation is 1. The summed E-state index contributed by atoms with van der Waals surface area (Å²) in [6, 6.07) is 6.04. The first-order valence-corrected chi connectivity index (χ1v) is 7.86. The van der Waals surface area contributed by atoms with Crippen LogP contribution in [-0.4, -0.2) is 33.2 Å². The quantitative estimate of drug-likeness (QED) is 0.549. The summed E-state index contributed by atoms with van der Waals surface area (Å²) in [5.74, 6) is -0.413. The van der Waals surface area contributed by atoms with Crippen molar-refractivity contribution in [2.45, 2.75) is 18.9 Å². The van der Waals surface area contributed by atoms with E-state index in [1.165, 1.54) is 11.8 Å². The molecule has 0 N–H and O–H groups in total. The van der Waals surface area contributed by atoms with Gasteiger partial charge in [0.15, 0.2) is 5.69 Å². The van der Waals surface area contributed by atoms with Gasteiger partial charge in [-0.25, -0.2) is 14.8 Å². The SMILES string of the molecule is CCOC(=O)c1ncn2c1c(SC)nc1cc(C)ccc12. The molecule has 108 valence electrons. The second-order valence-corrected chi connectivity index (χ2v) is 5.44. The number of carbonyl (C=O) groups excluding carboxylic acids is 1. The molecule has 0 unspecified atom stereocenters. The number of rotatable bonds is 3. The number of nitrogens with zero attached hydrogens (tertiary/aromatic N) is 3. The molecule has 0 spiro atoms. The molecule has 0 saturated carbocycles. The average Bonchev–Trinajstić information content (AvgIpc) is 2.91. The highest BCUT2D eigenvalue weighted by molar-refractivity contribution is 7.98. The van der Waals surface area contributed by atoms with Crippen LogP contribution in [0.3, 0.4) is 0 Å². The Hall–Kier alpha value is -2.08. The number of hydrogen-bond donors (Lipinski definition) is 0. The minimum Gasteiger partial charge on any atom is -0.461 e. The summed E-state index contributed by atoms with van der Waals surface area (Å²) in [7, 11) is 0. The van der Waals surface area contributed by atoms with Crippen molar-refractivity contribution in [2.24, 2.45) is 0 Å². The topological polar surface area (TPSA) is 56.5 Å². The van der Waals surface area contributed by atoms with Gasteiger partial charge in [0.05, 0.1) is 17.6 Å². The molecule has 3 rings (SSSR count). The van der Waals surface area contributed by atoms with Crippen LogP contribution in [0.5, 0.6) is 0 Å². The van der Waals surface area contributed by atoms with E-state index in [0.717, 1.165) is 21.6 Å². The zero-order valence-electron chi connectivity index (χ0n) is 12.1. The van der Waals surface area contributed by atoms with Crippen molar-refractivity contribution in [3.63, 3.8) is 0 Å². The van der Waals surface area contributed by atoms with Crippen molar-refractivity contribution in [3.05, 3.63) is 35.8 Å². The van der Waals surface area contributed by atoms with Gasteiger partial charge in [-0.15, -0.1) is 11.8 Å². The first kappa shape index (κ1) is 13.9. The Bertz CT molecular complexity index is 842. The van der Waals surface area contributed by atoms with Crippen LogP contribution in [0.25, 0.3) is 16.6 Å². The molecular formula is C15H15N3O2S. The van der Waals surface area contributed by atoms with Gasteiger partial charge in [-0.1, -0.05) is 6.07 Å². The Kier molecular flexibility index (Phi) is 3.55. The van der Waals surface area contributed by atoms with Crippen LogP contribution >= 0.6 is 11.8 Å². The van der Waals surface area contributed by atoms with E-state index in [2.05, 4.69) is 9.97 Å². The lowest BCUT2D eigenvalue weighted by Gasteiger charge is -2.07. The van der Waals surface area contributed by atoms with Crippen LogP contribution in [0.15, 0.2) is 29.6 Å². The normalized spacial score (nSPS) is 11.2. The number of thioether (sulfide) groups is 1. The van der Waals surface area contributed by atoms with Gasteiger partial charge in [-0.3, -0.25) is 4.40 Å². The highest BCUT2D eigenvalue weighted by Crippen LogP contribution is 2.27. The Morgan fingerprint density at radius 2 is 2.24 bits per heavy atom. The number of esters is 1. The summed E-state index contributed by atoms with van der Waals surface area (Å²) in [6.07, 6.45) is 3.59. The van der Waals surface area contributed by atoms with E-state index < -0.39 is 5.97 Å². The van der Waals surface area contributed by atoms with Gasteiger partial charge in [0.1, 0.15) is 16.9 Å². The first-order chi connectivity index (χ1) is 10.2. The minimum absolute atomic E-state index is 0.316. The molecule has 0 aliphatic heterocycles. The van der Waals surface area contributed by atoms with E-state index in [9.17, 15) is 4.79 Å². The maximum absolute atomic E-state index is 12.0. The molecule has 0 aliphatic carbocycles. The predicted octanol–water partition coefficient (Wildman–Crippen LogP) is 3.09. The highest BCUT2D eigenvalue weighted by Gasteiger charge is 2.20. The van der Waals surface area contributed by atoms with Crippen molar-refractivity contribution in [1.29, 1.82) is 0 Å². The van der Waals surface area contributed by atoms with Gasteiger partial charge < -0.3 is 4.74 Å². The van der Waals surface area contributed by atoms with Crippen LogP contribution < -0.4 is 0 Å². The Morgan fingerprint density at radius 1 is 1.43 bits per heavy atom. The monoisotopic (exact) mass is 301 g/mol. The summed E-state index contributed by atoms with van der Waals surface area (Å²) in [4.78, 5) is 20.9. The number of benzene rings is 1. The van der Waals surface area contributed by atoms with Crippen molar-refractivity contribution in [2.75, 3.05) is 12.9 Å². The Balaban J connectivity index is 2.35. The lowest BCUT2D eigenvalue weighted by Crippen LogP contribution is -2.06.